The van der Waals surface area contributed by atoms with Gasteiger partial charge in [-0.05, 0) is 78.3 Å². The van der Waals surface area contributed by atoms with Crippen LogP contribution in [0.2, 0.25) is 5.02 Å². The molecule has 2 aromatic heterocycles. The van der Waals surface area contributed by atoms with Gasteiger partial charge in [0.15, 0.2) is 5.82 Å². The minimum atomic E-state index is -0.930. The van der Waals surface area contributed by atoms with Crippen LogP contribution in [0.25, 0.3) is 22.2 Å². The van der Waals surface area contributed by atoms with Crippen molar-refractivity contribution >= 4 is 34.4 Å². The van der Waals surface area contributed by atoms with Gasteiger partial charge in [-0.2, -0.15) is 9.97 Å². The van der Waals surface area contributed by atoms with Crippen molar-refractivity contribution in [2.24, 2.45) is 0 Å². The molecule has 268 valence electrons. The molecule has 5 aliphatic rings. The molecule has 1 N–H and O–H groups in total. The Kier molecular flexibility index (Phi) is 8.36. The van der Waals surface area contributed by atoms with E-state index in [0.29, 0.717) is 37.3 Å². The molecule has 11 nitrogen and oxygen atoms in total. The monoisotopic (exact) mass is 712 g/mol. The van der Waals surface area contributed by atoms with Crippen molar-refractivity contribution in [3.05, 3.63) is 29.2 Å². The second-order valence-corrected chi connectivity index (χ2v) is 15.9. The predicted molar refractivity (Wildman–Crippen MR) is 183 cm³/mol. The fourth-order valence-electron chi connectivity index (χ4n) is 8.38. The second-order valence-electron chi connectivity index (χ2n) is 15.5. The van der Waals surface area contributed by atoms with E-state index in [-0.39, 0.29) is 70.2 Å². The number of rotatable bonds is 7. The molecule has 0 radical (unpaired) electrons. The molecule has 1 aliphatic carbocycles. The summed E-state index contributed by atoms with van der Waals surface area (Å²) in [5, 5.41) is 11.0. The number of carbonyl (C=O) groups is 1. The molecule has 8 rings (SSSR count). The first-order valence-corrected chi connectivity index (χ1v) is 18.1. The average Bonchev–Trinajstić information content (AvgIpc) is 3.64. The first-order chi connectivity index (χ1) is 23.9. The van der Waals surface area contributed by atoms with Crippen molar-refractivity contribution in [3.63, 3.8) is 0 Å². The molecule has 14 heteroatoms. The highest BCUT2D eigenvalue weighted by molar-refractivity contribution is 6.32. The molecule has 0 spiro atoms. The molecule has 2 bridgehead atoms. The van der Waals surface area contributed by atoms with E-state index in [2.05, 4.69) is 14.9 Å². The lowest BCUT2D eigenvalue weighted by molar-refractivity contribution is 0.0122. The summed E-state index contributed by atoms with van der Waals surface area (Å²) in [6.07, 6.45) is 6.65. The molecule has 2 unspecified atom stereocenters. The number of hydrogen-bond acceptors (Lipinski definition) is 10. The zero-order valence-corrected chi connectivity index (χ0v) is 29.4. The summed E-state index contributed by atoms with van der Waals surface area (Å²) in [4.78, 5) is 33.2. The van der Waals surface area contributed by atoms with E-state index in [4.69, 9.17) is 30.8 Å². The minimum absolute atomic E-state index is 0.0125. The Hall–Kier alpha value is -3.71. The second kappa shape index (κ2) is 12.5. The van der Waals surface area contributed by atoms with Gasteiger partial charge in [0.25, 0.3) is 0 Å². The number of aromatic hydroxyl groups is 1. The van der Waals surface area contributed by atoms with Gasteiger partial charge < -0.3 is 24.2 Å². The SMILES string of the molecule is CC(C)(C)OC(=O)N1C2CCC1CN(c1nc(OC[C@@]34CCCN3C[C@H](F)C4)nc3c(F)c(-c4cc(O)cc(Cl)c4OC4CCC4)ncc13)C2. The average molecular weight is 713 g/mol. The number of ether oxygens (including phenoxy) is 3. The first-order valence-electron chi connectivity index (χ1n) is 17.7. The Bertz CT molecular complexity index is 1810. The van der Waals surface area contributed by atoms with Crippen molar-refractivity contribution in [1.29, 1.82) is 0 Å². The number of anilines is 1. The van der Waals surface area contributed by atoms with Crippen LogP contribution in [0.15, 0.2) is 18.3 Å². The summed E-state index contributed by atoms with van der Waals surface area (Å²) < 4.78 is 49.7. The summed E-state index contributed by atoms with van der Waals surface area (Å²) >= 11 is 6.54. The maximum atomic E-state index is 16.9. The fourth-order valence-corrected chi connectivity index (χ4v) is 8.64. The van der Waals surface area contributed by atoms with Crippen molar-refractivity contribution < 1.29 is 32.9 Å². The number of alkyl halides is 1. The number of carbonyl (C=O) groups excluding carboxylic acids is 1. The molecular formula is C36H43ClF2N6O5. The Morgan fingerprint density at radius 3 is 2.56 bits per heavy atom. The van der Waals surface area contributed by atoms with Crippen LogP contribution >= 0.6 is 11.6 Å². The van der Waals surface area contributed by atoms with Crippen LogP contribution in [0, 0.1) is 5.82 Å². The predicted octanol–water partition coefficient (Wildman–Crippen LogP) is 6.66. The van der Waals surface area contributed by atoms with E-state index >= 15 is 4.39 Å². The smallest absolute Gasteiger partial charge is 0.410 e. The molecule has 1 saturated carbocycles. The van der Waals surface area contributed by atoms with Crippen molar-refractivity contribution in [2.75, 3.05) is 37.7 Å². The molecule has 50 heavy (non-hydrogen) atoms. The number of piperazine rings is 1. The maximum absolute atomic E-state index is 16.9. The number of pyridine rings is 1. The van der Waals surface area contributed by atoms with Gasteiger partial charge in [0.05, 0.1) is 39.7 Å². The summed E-state index contributed by atoms with van der Waals surface area (Å²) in [6.45, 7) is 7.82. The standard InChI is InChI=1S/C36H43ClF2N6O5/c1-35(2,3)50-34(47)45-21-8-9-22(45)18-43(17-21)32-26-15-40-29(25-12-23(46)13-27(37)31(25)49-24-6-4-7-24)28(39)30(26)41-33(42-32)48-19-36-10-5-11-44(36)16-20(38)14-36/h12-13,15,20-22,24,46H,4-11,14,16-19H2,1-3H3/t20-,21?,22?,36+/m1/s1. The number of benzene rings is 1. The summed E-state index contributed by atoms with van der Waals surface area (Å²) in [7, 11) is 0. The Morgan fingerprint density at radius 1 is 1.10 bits per heavy atom. The highest BCUT2D eigenvalue weighted by Crippen LogP contribution is 2.45. The number of phenols is 1. The number of amides is 1. The number of nitrogens with zero attached hydrogens (tertiary/aromatic N) is 6. The highest BCUT2D eigenvalue weighted by Gasteiger charge is 2.50. The summed E-state index contributed by atoms with van der Waals surface area (Å²) in [5.41, 5.74) is -0.951. The van der Waals surface area contributed by atoms with Crippen LogP contribution < -0.4 is 14.4 Å². The van der Waals surface area contributed by atoms with Gasteiger partial charge in [-0.25, -0.2) is 13.6 Å². The van der Waals surface area contributed by atoms with Crippen molar-refractivity contribution in [1.82, 2.24) is 24.8 Å². The third-order valence-corrected chi connectivity index (χ3v) is 11.2. The van der Waals surface area contributed by atoms with E-state index < -0.39 is 23.1 Å². The highest BCUT2D eigenvalue weighted by atomic mass is 35.5. The van der Waals surface area contributed by atoms with Gasteiger partial charge in [0.2, 0.25) is 0 Å². The number of halogens is 3. The summed E-state index contributed by atoms with van der Waals surface area (Å²) in [6, 6.07) is 2.50. The molecule has 1 aromatic carbocycles. The summed E-state index contributed by atoms with van der Waals surface area (Å²) in [5.74, 6) is -0.194. The van der Waals surface area contributed by atoms with Gasteiger partial charge >= 0.3 is 12.1 Å². The van der Waals surface area contributed by atoms with Gasteiger partial charge in [-0.1, -0.05) is 11.6 Å². The quantitative estimate of drug-likeness (QED) is 0.285. The number of phenolic OH excluding ortho intramolecular Hbond substituents is 1. The number of hydrogen-bond donors (Lipinski definition) is 1. The fraction of sp³-hybridized carbons (Fsp3) is 0.611. The molecule has 3 aromatic rings. The lowest BCUT2D eigenvalue weighted by atomic mass is 9.95. The largest absolute Gasteiger partial charge is 0.508 e. The zero-order valence-electron chi connectivity index (χ0n) is 28.6. The van der Waals surface area contributed by atoms with Crippen LogP contribution in [0.5, 0.6) is 17.5 Å². The topological polar surface area (TPSA) is 113 Å². The van der Waals surface area contributed by atoms with Crippen LogP contribution in [0.4, 0.5) is 19.4 Å². The van der Waals surface area contributed by atoms with E-state index in [9.17, 15) is 14.3 Å². The van der Waals surface area contributed by atoms with E-state index in [0.717, 1.165) is 51.5 Å². The van der Waals surface area contributed by atoms with Gasteiger partial charge in [-0.3, -0.25) is 14.8 Å². The molecule has 4 atom stereocenters. The third kappa shape index (κ3) is 6.03. The molecule has 4 saturated heterocycles. The number of fused-ring (bicyclic) bond motifs is 4. The third-order valence-electron chi connectivity index (χ3n) is 10.9. The van der Waals surface area contributed by atoms with Crippen LogP contribution in [-0.2, 0) is 4.74 Å². The maximum Gasteiger partial charge on any atom is 0.410 e. The van der Waals surface area contributed by atoms with Gasteiger partial charge in [-0.15, -0.1) is 0 Å². The van der Waals surface area contributed by atoms with E-state index in [1.807, 2.05) is 30.6 Å². The molecular weight excluding hydrogens is 670 g/mol. The van der Waals surface area contributed by atoms with Crippen LogP contribution in [-0.4, -0.2) is 104 Å². The molecule has 1 amide bonds. The van der Waals surface area contributed by atoms with Crippen LogP contribution in [0.1, 0.15) is 72.1 Å². The zero-order chi connectivity index (χ0) is 34.9. The molecule has 4 aliphatic heterocycles. The van der Waals surface area contributed by atoms with Gasteiger partial charge in [0.1, 0.15) is 46.9 Å². The molecule has 5 fully saturated rings. The van der Waals surface area contributed by atoms with E-state index in [1.54, 1.807) is 0 Å². The Labute approximate surface area is 294 Å². The van der Waals surface area contributed by atoms with Crippen LogP contribution in [0.3, 0.4) is 0 Å². The van der Waals surface area contributed by atoms with Crippen molar-refractivity contribution in [2.45, 2.75) is 108 Å². The minimum Gasteiger partial charge on any atom is -0.508 e. The van der Waals surface area contributed by atoms with Gasteiger partial charge in [0, 0.05) is 38.3 Å². The Balaban J connectivity index is 1.18. The Morgan fingerprint density at radius 2 is 1.86 bits per heavy atom. The van der Waals surface area contributed by atoms with E-state index in [1.165, 1.54) is 18.3 Å². The molecule has 6 heterocycles. The first kappa shape index (κ1) is 33.4. The number of aromatic nitrogens is 3. The lowest BCUT2D eigenvalue weighted by Gasteiger charge is -2.42. The lowest BCUT2D eigenvalue weighted by Crippen LogP contribution is -2.57. The normalized spacial score (nSPS) is 26.7. The van der Waals surface area contributed by atoms with Crippen molar-refractivity contribution in [3.8, 4) is 28.8 Å².